The monoisotopic (exact) mass is 316 g/mol. The molecule has 3 nitrogen and oxygen atoms in total. The SMILES string of the molecule is CC(Sc1ccc2ccccc2n1)C(=O)N(C(C)C)C(C)C. The van der Waals surface area contributed by atoms with Crippen LogP contribution in [-0.2, 0) is 4.79 Å². The molecule has 1 heterocycles. The molecule has 0 spiro atoms. The average molecular weight is 316 g/mol. The van der Waals surface area contributed by atoms with E-state index in [-0.39, 0.29) is 23.2 Å². The lowest BCUT2D eigenvalue weighted by Gasteiger charge is -2.32. The van der Waals surface area contributed by atoms with E-state index in [1.54, 1.807) is 0 Å². The summed E-state index contributed by atoms with van der Waals surface area (Å²) in [5.41, 5.74) is 0.969. The normalized spacial score (nSPS) is 12.9. The number of nitrogens with zero attached hydrogens (tertiary/aromatic N) is 2. The first-order chi connectivity index (χ1) is 10.4. The molecule has 0 aliphatic rings. The minimum Gasteiger partial charge on any atom is -0.337 e. The quantitative estimate of drug-likeness (QED) is 0.768. The number of hydrogen-bond acceptors (Lipinski definition) is 3. The molecule has 1 unspecified atom stereocenters. The number of amides is 1. The molecule has 0 radical (unpaired) electrons. The van der Waals surface area contributed by atoms with Crippen molar-refractivity contribution >= 4 is 28.6 Å². The summed E-state index contributed by atoms with van der Waals surface area (Å²) in [6.07, 6.45) is 0. The molecule has 1 aromatic carbocycles. The molecule has 22 heavy (non-hydrogen) atoms. The second-order valence-electron chi connectivity index (χ2n) is 6.04. The highest BCUT2D eigenvalue weighted by molar-refractivity contribution is 8.00. The van der Waals surface area contributed by atoms with Gasteiger partial charge in [-0.15, -0.1) is 0 Å². The van der Waals surface area contributed by atoms with Crippen LogP contribution in [0.1, 0.15) is 34.6 Å². The summed E-state index contributed by atoms with van der Waals surface area (Å²) in [4.78, 5) is 19.3. The van der Waals surface area contributed by atoms with Crippen LogP contribution in [0.2, 0.25) is 0 Å². The summed E-state index contributed by atoms with van der Waals surface area (Å²) in [5.74, 6) is 0.171. The minimum absolute atomic E-state index is 0.140. The van der Waals surface area contributed by atoms with E-state index in [4.69, 9.17) is 0 Å². The highest BCUT2D eigenvalue weighted by atomic mass is 32.2. The highest BCUT2D eigenvalue weighted by Gasteiger charge is 2.26. The van der Waals surface area contributed by atoms with Gasteiger partial charge in [-0.25, -0.2) is 4.98 Å². The number of carbonyl (C=O) groups excluding carboxylic acids is 1. The molecule has 0 saturated heterocycles. The van der Waals surface area contributed by atoms with Crippen LogP contribution in [0.5, 0.6) is 0 Å². The number of para-hydroxylation sites is 1. The van der Waals surface area contributed by atoms with E-state index >= 15 is 0 Å². The van der Waals surface area contributed by atoms with Gasteiger partial charge in [-0.1, -0.05) is 36.0 Å². The van der Waals surface area contributed by atoms with Crippen molar-refractivity contribution in [2.45, 2.75) is 57.0 Å². The minimum atomic E-state index is -0.140. The molecule has 1 amide bonds. The van der Waals surface area contributed by atoms with Gasteiger partial charge in [0, 0.05) is 17.5 Å². The van der Waals surface area contributed by atoms with Crippen molar-refractivity contribution in [3.05, 3.63) is 36.4 Å². The van der Waals surface area contributed by atoms with Gasteiger partial charge in [0.25, 0.3) is 0 Å². The van der Waals surface area contributed by atoms with Crippen LogP contribution in [0.3, 0.4) is 0 Å². The van der Waals surface area contributed by atoms with Crippen LogP contribution in [0.25, 0.3) is 10.9 Å². The standard InChI is InChI=1S/C18H24N2OS/c1-12(2)20(13(3)4)18(21)14(5)22-17-11-10-15-8-6-7-9-16(15)19-17/h6-14H,1-5H3. The zero-order valence-corrected chi connectivity index (χ0v) is 14.7. The number of carbonyl (C=O) groups is 1. The summed E-state index contributed by atoms with van der Waals surface area (Å²) in [6.45, 7) is 10.2. The Kier molecular flexibility index (Phi) is 5.46. The molecule has 0 saturated carbocycles. The predicted octanol–water partition coefficient (Wildman–Crippen LogP) is 4.36. The van der Waals surface area contributed by atoms with Gasteiger partial charge in [0.05, 0.1) is 15.8 Å². The number of thioether (sulfide) groups is 1. The highest BCUT2D eigenvalue weighted by Crippen LogP contribution is 2.26. The van der Waals surface area contributed by atoms with Crippen LogP contribution in [0, 0.1) is 0 Å². The largest absolute Gasteiger partial charge is 0.337 e. The maximum Gasteiger partial charge on any atom is 0.236 e. The van der Waals surface area contributed by atoms with Crippen molar-refractivity contribution in [3.63, 3.8) is 0 Å². The van der Waals surface area contributed by atoms with Gasteiger partial charge < -0.3 is 4.90 Å². The van der Waals surface area contributed by atoms with Crippen molar-refractivity contribution < 1.29 is 4.79 Å². The van der Waals surface area contributed by atoms with Crippen LogP contribution in [0.15, 0.2) is 41.4 Å². The number of benzene rings is 1. The first-order valence-electron chi connectivity index (χ1n) is 7.74. The van der Waals surface area contributed by atoms with Gasteiger partial charge >= 0.3 is 0 Å². The van der Waals surface area contributed by atoms with E-state index in [2.05, 4.69) is 38.7 Å². The summed E-state index contributed by atoms with van der Waals surface area (Å²) in [5, 5.41) is 1.88. The van der Waals surface area contributed by atoms with Crippen LogP contribution < -0.4 is 0 Å². The van der Waals surface area contributed by atoms with Crippen molar-refractivity contribution in [3.8, 4) is 0 Å². The maximum absolute atomic E-state index is 12.7. The van der Waals surface area contributed by atoms with Crippen LogP contribution in [-0.4, -0.2) is 33.1 Å². The molecule has 0 bridgehead atoms. The molecule has 0 aliphatic carbocycles. The van der Waals surface area contributed by atoms with Gasteiger partial charge in [0.15, 0.2) is 0 Å². The lowest BCUT2D eigenvalue weighted by atomic mass is 10.2. The van der Waals surface area contributed by atoms with E-state index in [9.17, 15) is 4.79 Å². The number of rotatable bonds is 5. The lowest BCUT2D eigenvalue weighted by molar-refractivity contribution is -0.133. The Morgan fingerprint density at radius 3 is 2.27 bits per heavy atom. The number of aromatic nitrogens is 1. The van der Waals surface area contributed by atoms with E-state index in [0.29, 0.717) is 0 Å². The van der Waals surface area contributed by atoms with Gasteiger partial charge in [0.2, 0.25) is 5.91 Å². The second-order valence-corrected chi connectivity index (χ2v) is 7.40. The van der Waals surface area contributed by atoms with Crippen molar-refractivity contribution in [1.29, 1.82) is 0 Å². The van der Waals surface area contributed by atoms with Crippen molar-refractivity contribution in [1.82, 2.24) is 9.88 Å². The molecule has 1 aromatic heterocycles. The smallest absolute Gasteiger partial charge is 0.236 e. The van der Waals surface area contributed by atoms with Crippen molar-refractivity contribution in [2.24, 2.45) is 0 Å². The molecular weight excluding hydrogens is 292 g/mol. The topological polar surface area (TPSA) is 33.2 Å². The van der Waals surface area contributed by atoms with E-state index in [0.717, 1.165) is 15.9 Å². The van der Waals surface area contributed by atoms with Gasteiger partial charge in [0.1, 0.15) is 0 Å². The summed E-state index contributed by atoms with van der Waals surface area (Å²) in [6, 6.07) is 12.5. The molecular formula is C18H24N2OS. The molecule has 118 valence electrons. The Morgan fingerprint density at radius 1 is 1.00 bits per heavy atom. The summed E-state index contributed by atoms with van der Waals surface area (Å²) in [7, 11) is 0. The molecule has 2 rings (SSSR count). The Hall–Kier alpha value is -1.55. The maximum atomic E-state index is 12.7. The fourth-order valence-electron chi connectivity index (χ4n) is 2.66. The summed E-state index contributed by atoms with van der Waals surface area (Å²) < 4.78 is 0. The van der Waals surface area contributed by atoms with Gasteiger partial charge in [-0.05, 0) is 46.8 Å². The molecule has 0 N–H and O–H groups in total. The Balaban J connectivity index is 2.15. The first-order valence-corrected chi connectivity index (χ1v) is 8.62. The predicted molar refractivity (Wildman–Crippen MR) is 94.2 cm³/mol. The fraction of sp³-hybridized carbons (Fsp3) is 0.444. The van der Waals surface area contributed by atoms with Crippen LogP contribution >= 0.6 is 11.8 Å². The molecule has 2 aromatic rings. The number of pyridine rings is 1. The zero-order valence-electron chi connectivity index (χ0n) is 13.9. The first kappa shape index (κ1) is 16.8. The second kappa shape index (κ2) is 7.14. The van der Waals surface area contributed by atoms with Crippen LogP contribution in [0.4, 0.5) is 0 Å². The van der Waals surface area contributed by atoms with E-state index < -0.39 is 0 Å². The molecule has 0 fully saturated rings. The van der Waals surface area contributed by atoms with Crippen molar-refractivity contribution in [2.75, 3.05) is 0 Å². The number of fused-ring (bicyclic) bond motifs is 1. The molecule has 4 heteroatoms. The summed E-state index contributed by atoms with van der Waals surface area (Å²) >= 11 is 1.53. The zero-order chi connectivity index (χ0) is 16.3. The Labute approximate surface area is 137 Å². The van der Waals surface area contributed by atoms with Gasteiger partial charge in [-0.2, -0.15) is 0 Å². The lowest BCUT2D eigenvalue weighted by Crippen LogP contribution is -2.45. The molecule has 0 aliphatic heterocycles. The third kappa shape index (κ3) is 3.80. The average Bonchev–Trinajstić information content (AvgIpc) is 2.46. The van der Waals surface area contributed by atoms with Gasteiger partial charge in [-0.3, -0.25) is 4.79 Å². The van der Waals surface area contributed by atoms with E-state index in [1.165, 1.54) is 11.8 Å². The molecule has 1 atom stereocenters. The fourth-order valence-corrected chi connectivity index (χ4v) is 3.54. The Morgan fingerprint density at radius 2 is 1.64 bits per heavy atom. The number of hydrogen-bond donors (Lipinski definition) is 0. The van der Waals surface area contributed by atoms with E-state index in [1.807, 2.05) is 42.2 Å². The third-order valence-electron chi connectivity index (χ3n) is 3.59. The Bertz CT molecular complexity index is 646. The third-order valence-corrected chi connectivity index (χ3v) is 4.61.